The molecule has 0 bridgehead atoms. The van der Waals surface area contributed by atoms with Crippen LogP contribution < -0.4 is 4.72 Å². The third-order valence-electron chi connectivity index (χ3n) is 0.960. The summed E-state index contributed by atoms with van der Waals surface area (Å²) in [6.07, 6.45) is 8.75. The van der Waals surface area contributed by atoms with Gasteiger partial charge in [0.15, 0.2) is 0 Å². The highest BCUT2D eigenvalue weighted by Crippen LogP contribution is 1.87. The number of allylic oxidation sites excluding steroid dienone is 1. The molecule has 0 saturated heterocycles. The van der Waals surface area contributed by atoms with Crippen LogP contribution in [0.15, 0.2) is 12.2 Å². The summed E-state index contributed by atoms with van der Waals surface area (Å²) in [7, 11) is 0. The van der Waals surface area contributed by atoms with Gasteiger partial charge in [-0.3, -0.25) is 4.72 Å². The minimum atomic E-state index is 1.08. The number of hydrogen-bond donors (Lipinski definition) is 1. The lowest BCUT2D eigenvalue weighted by atomic mass is 10.3. The third-order valence-corrected chi connectivity index (χ3v) is 1.45. The Bertz CT molecular complexity index is 71.3. The number of rotatable bonds is 5. The molecule has 2 heteroatoms. The van der Waals surface area contributed by atoms with Gasteiger partial charge in [0, 0.05) is 6.54 Å². The van der Waals surface area contributed by atoms with Crippen molar-refractivity contribution in [3.8, 4) is 0 Å². The Balaban J connectivity index is 2.82. The molecule has 0 aliphatic carbocycles. The van der Waals surface area contributed by atoms with Gasteiger partial charge in [0.05, 0.1) is 0 Å². The van der Waals surface area contributed by atoms with Gasteiger partial charge in [-0.15, -0.1) is 0 Å². The first-order valence-electron chi connectivity index (χ1n) is 3.32. The maximum Gasteiger partial charge on any atom is 0.00930 e. The first-order chi connectivity index (χ1) is 4.41. The van der Waals surface area contributed by atoms with Crippen LogP contribution in [0.25, 0.3) is 0 Å². The normalized spacial score (nSPS) is 10.9. The Morgan fingerprint density at radius 3 is 2.78 bits per heavy atom. The van der Waals surface area contributed by atoms with Crippen LogP contribution in [0.2, 0.25) is 0 Å². The van der Waals surface area contributed by atoms with Crippen LogP contribution in [-0.4, -0.2) is 12.8 Å². The van der Waals surface area contributed by atoms with Gasteiger partial charge >= 0.3 is 0 Å². The fourth-order valence-corrected chi connectivity index (χ4v) is 0.851. The number of hydrogen-bond acceptors (Lipinski definition) is 2. The summed E-state index contributed by atoms with van der Waals surface area (Å²) >= 11 is 1.68. The summed E-state index contributed by atoms with van der Waals surface area (Å²) in [4.78, 5) is 0. The second kappa shape index (κ2) is 8.05. The molecular weight excluding hydrogens is 130 g/mol. The first kappa shape index (κ1) is 9.05. The van der Waals surface area contributed by atoms with Gasteiger partial charge in [-0.25, -0.2) is 0 Å². The Hall–Kier alpha value is 0.0500. The van der Waals surface area contributed by atoms with Crippen molar-refractivity contribution in [1.29, 1.82) is 0 Å². The second-order valence-corrected chi connectivity index (χ2v) is 2.46. The fraction of sp³-hybridized carbons (Fsp3) is 0.714. The highest BCUT2D eigenvalue weighted by atomic mass is 32.2. The average molecular weight is 145 g/mol. The maximum absolute atomic E-state index is 3.17. The predicted octanol–water partition coefficient (Wildman–Crippen LogP) is 2.21. The fourth-order valence-electron chi connectivity index (χ4n) is 0.529. The summed E-state index contributed by atoms with van der Waals surface area (Å²) in [6.45, 7) is 3.23. The van der Waals surface area contributed by atoms with Gasteiger partial charge in [0.25, 0.3) is 0 Å². The van der Waals surface area contributed by atoms with Gasteiger partial charge in [-0.2, -0.15) is 0 Å². The highest BCUT2D eigenvalue weighted by Gasteiger charge is 1.77. The molecule has 0 unspecified atom stereocenters. The zero-order chi connectivity index (χ0) is 6.95. The molecule has 0 aliphatic heterocycles. The lowest BCUT2D eigenvalue weighted by Crippen LogP contribution is -2.02. The Morgan fingerprint density at radius 1 is 1.44 bits per heavy atom. The van der Waals surface area contributed by atoms with Crippen LogP contribution in [0.3, 0.4) is 0 Å². The molecule has 1 N–H and O–H groups in total. The van der Waals surface area contributed by atoms with E-state index in [4.69, 9.17) is 0 Å². The highest BCUT2D eigenvalue weighted by molar-refractivity contribution is 7.96. The van der Waals surface area contributed by atoms with Gasteiger partial charge in [0.2, 0.25) is 0 Å². The second-order valence-electron chi connectivity index (χ2n) is 1.77. The molecule has 1 nitrogen and oxygen atoms in total. The molecule has 0 atom stereocenters. The van der Waals surface area contributed by atoms with E-state index in [2.05, 4.69) is 23.8 Å². The molecular formula is C7H15NS. The lowest BCUT2D eigenvalue weighted by molar-refractivity contribution is 0.935. The molecule has 0 heterocycles. The van der Waals surface area contributed by atoms with E-state index >= 15 is 0 Å². The monoisotopic (exact) mass is 145 g/mol. The van der Waals surface area contributed by atoms with Crippen molar-refractivity contribution in [2.45, 2.75) is 19.8 Å². The molecule has 0 saturated carbocycles. The summed E-state index contributed by atoms with van der Waals surface area (Å²) in [5.74, 6) is 0. The van der Waals surface area contributed by atoms with E-state index in [0.717, 1.165) is 19.4 Å². The van der Waals surface area contributed by atoms with Crippen molar-refractivity contribution in [2.75, 3.05) is 12.8 Å². The van der Waals surface area contributed by atoms with Crippen LogP contribution in [0.4, 0.5) is 0 Å². The SMILES string of the molecule is CC/C=C/CCNSC. The van der Waals surface area contributed by atoms with Crippen molar-refractivity contribution in [3.05, 3.63) is 12.2 Å². The standard InChI is InChI=1S/C7H15NS/c1-3-4-5-6-7-8-9-2/h4-5,8H,3,6-7H2,1-2H3/b5-4+. The van der Waals surface area contributed by atoms with E-state index in [1.165, 1.54) is 0 Å². The molecule has 0 aromatic rings. The van der Waals surface area contributed by atoms with Gasteiger partial charge in [-0.1, -0.05) is 31.0 Å². The quantitative estimate of drug-likeness (QED) is 0.361. The Kier molecular flexibility index (Phi) is 8.09. The van der Waals surface area contributed by atoms with Crippen LogP contribution in [0.5, 0.6) is 0 Å². The van der Waals surface area contributed by atoms with Crippen LogP contribution >= 0.6 is 11.9 Å². The van der Waals surface area contributed by atoms with Crippen molar-refractivity contribution in [1.82, 2.24) is 4.72 Å². The average Bonchev–Trinajstić information content (AvgIpc) is 1.89. The maximum atomic E-state index is 3.17. The minimum absolute atomic E-state index is 1.08. The van der Waals surface area contributed by atoms with Crippen LogP contribution in [-0.2, 0) is 0 Å². The summed E-state index contributed by atoms with van der Waals surface area (Å²) in [5.41, 5.74) is 0. The minimum Gasteiger partial charge on any atom is -0.264 e. The van der Waals surface area contributed by atoms with Crippen molar-refractivity contribution >= 4 is 11.9 Å². The van der Waals surface area contributed by atoms with E-state index in [-0.39, 0.29) is 0 Å². The van der Waals surface area contributed by atoms with Crippen molar-refractivity contribution in [3.63, 3.8) is 0 Å². The third kappa shape index (κ3) is 8.05. The van der Waals surface area contributed by atoms with E-state index < -0.39 is 0 Å². The molecule has 0 amide bonds. The van der Waals surface area contributed by atoms with Crippen LogP contribution in [0.1, 0.15) is 19.8 Å². The van der Waals surface area contributed by atoms with E-state index in [9.17, 15) is 0 Å². The largest absolute Gasteiger partial charge is 0.264 e. The first-order valence-corrected chi connectivity index (χ1v) is 4.55. The van der Waals surface area contributed by atoms with Gasteiger partial charge in [0.1, 0.15) is 0 Å². The van der Waals surface area contributed by atoms with Gasteiger partial charge < -0.3 is 0 Å². The lowest BCUT2D eigenvalue weighted by Gasteiger charge is -1.93. The molecule has 0 radical (unpaired) electrons. The van der Waals surface area contributed by atoms with E-state index in [1.807, 2.05) is 6.26 Å². The summed E-state index contributed by atoms with van der Waals surface area (Å²) in [5, 5.41) is 0. The summed E-state index contributed by atoms with van der Waals surface area (Å²) < 4.78 is 3.17. The van der Waals surface area contributed by atoms with E-state index in [0.29, 0.717) is 0 Å². The zero-order valence-electron chi connectivity index (χ0n) is 6.18. The molecule has 0 aromatic carbocycles. The molecule has 0 fully saturated rings. The molecule has 0 aromatic heterocycles. The number of nitrogens with one attached hydrogen (secondary N) is 1. The van der Waals surface area contributed by atoms with Crippen molar-refractivity contribution < 1.29 is 0 Å². The van der Waals surface area contributed by atoms with Crippen LogP contribution in [0, 0.1) is 0 Å². The predicted molar refractivity (Wildman–Crippen MR) is 45.6 cm³/mol. The molecule has 0 aliphatic rings. The zero-order valence-corrected chi connectivity index (χ0v) is 7.00. The Labute approximate surface area is 62.0 Å². The van der Waals surface area contributed by atoms with Crippen molar-refractivity contribution in [2.24, 2.45) is 0 Å². The Morgan fingerprint density at radius 2 is 2.22 bits per heavy atom. The molecule has 54 valence electrons. The molecule has 0 spiro atoms. The molecule has 9 heavy (non-hydrogen) atoms. The van der Waals surface area contributed by atoms with Gasteiger partial charge in [-0.05, 0) is 19.1 Å². The van der Waals surface area contributed by atoms with E-state index in [1.54, 1.807) is 11.9 Å². The summed E-state index contributed by atoms with van der Waals surface area (Å²) in [6, 6.07) is 0. The smallest absolute Gasteiger partial charge is 0.00930 e. The molecule has 0 rings (SSSR count). The topological polar surface area (TPSA) is 12.0 Å².